The van der Waals surface area contributed by atoms with Crippen molar-refractivity contribution in [2.24, 2.45) is 5.92 Å². The van der Waals surface area contributed by atoms with Crippen molar-refractivity contribution >= 4 is 11.6 Å². The zero-order valence-electron chi connectivity index (χ0n) is 8.54. The highest BCUT2D eigenvalue weighted by molar-refractivity contribution is 5.98. The third kappa shape index (κ3) is 1.32. The first kappa shape index (κ1) is 9.74. The third-order valence-corrected chi connectivity index (χ3v) is 3.18. The van der Waals surface area contributed by atoms with Crippen LogP contribution in [0.5, 0.6) is 0 Å². The summed E-state index contributed by atoms with van der Waals surface area (Å²) in [6, 6.07) is 0. The van der Waals surface area contributed by atoms with E-state index in [1.54, 1.807) is 0 Å². The summed E-state index contributed by atoms with van der Waals surface area (Å²) in [5.41, 5.74) is 1.53. The molecule has 1 aromatic heterocycles. The van der Waals surface area contributed by atoms with E-state index < -0.39 is 17.7 Å². The van der Waals surface area contributed by atoms with Crippen molar-refractivity contribution in [2.75, 3.05) is 11.4 Å². The maximum atomic E-state index is 12.8. The number of halogens is 2. The maximum absolute atomic E-state index is 12.8. The lowest BCUT2D eigenvalue weighted by molar-refractivity contribution is -0.121. The van der Waals surface area contributed by atoms with E-state index in [9.17, 15) is 13.6 Å². The highest BCUT2D eigenvalue weighted by Gasteiger charge is 2.62. The second-order valence-electron chi connectivity index (χ2n) is 4.34. The second kappa shape index (κ2) is 3.02. The van der Waals surface area contributed by atoms with Crippen molar-refractivity contribution in [2.45, 2.75) is 25.2 Å². The van der Waals surface area contributed by atoms with Gasteiger partial charge in [0.2, 0.25) is 5.91 Å². The number of anilines is 1. The minimum atomic E-state index is -2.79. The molecule has 1 aromatic rings. The molecule has 4 nitrogen and oxygen atoms in total. The van der Waals surface area contributed by atoms with Crippen LogP contribution in [-0.2, 0) is 11.2 Å². The van der Waals surface area contributed by atoms with Gasteiger partial charge in [-0.1, -0.05) is 0 Å². The van der Waals surface area contributed by atoms with Crippen LogP contribution in [0.15, 0.2) is 6.20 Å². The van der Waals surface area contributed by atoms with E-state index in [2.05, 4.69) is 10.2 Å². The summed E-state index contributed by atoms with van der Waals surface area (Å²) in [5.74, 6) is -4.38. The molecule has 0 radical (unpaired) electrons. The molecular weight excluding hydrogens is 216 g/mol. The standard InChI is InChI=1S/C10H11F2N3O/c11-10(12)4-6(10)9(16)15-3-1-2-7-8(15)5-13-14-7/h5-6H,1-4H2,(H,13,14). The number of carbonyl (C=O) groups is 1. The molecule has 1 unspecified atom stereocenters. The number of aryl methyl sites for hydroxylation is 1. The largest absolute Gasteiger partial charge is 0.309 e. The third-order valence-electron chi connectivity index (χ3n) is 3.18. The number of aromatic amines is 1. The van der Waals surface area contributed by atoms with Gasteiger partial charge in [-0.05, 0) is 12.8 Å². The summed E-state index contributed by atoms with van der Waals surface area (Å²) in [5, 5.41) is 6.64. The van der Waals surface area contributed by atoms with Crippen molar-refractivity contribution in [1.82, 2.24) is 10.2 Å². The first-order valence-electron chi connectivity index (χ1n) is 5.31. The molecule has 0 spiro atoms. The Morgan fingerprint density at radius 2 is 2.38 bits per heavy atom. The van der Waals surface area contributed by atoms with Crippen molar-refractivity contribution < 1.29 is 13.6 Å². The molecule has 86 valence electrons. The lowest BCUT2D eigenvalue weighted by Gasteiger charge is -2.26. The van der Waals surface area contributed by atoms with Gasteiger partial charge in [-0.25, -0.2) is 8.78 Å². The van der Waals surface area contributed by atoms with Crippen molar-refractivity contribution in [3.8, 4) is 0 Å². The first-order valence-corrected chi connectivity index (χ1v) is 5.31. The Hall–Kier alpha value is -1.46. The first-order chi connectivity index (χ1) is 7.59. The monoisotopic (exact) mass is 227 g/mol. The molecule has 0 saturated heterocycles. The Morgan fingerprint density at radius 3 is 3.06 bits per heavy atom. The van der Waals surface area contributed by atoms with E-state index in [1.165, 1.54) is 11.1 Å². The van der Waals surface area contributed by atoms with Crippen LogP contribution < -0.4 is 4.90 Å². The van der Waals surface area contributed by atoms with E-state index in [-0.39, 0.29) is 6.42 Å². The minimum Gasteiger partial charge on any atom is -0.309 e. The fraction of sp³-hybridized carbons (Fsp3) is 0.600. The average Bonchev–Trinajstić information content (AvgIpc) is 2.71. The molecule has 16 heavy (non-hydrogen) atoms. The Bertz CT molecular complexity index is 443. The number of H-pyrrole nitrogens is 1. The minimum absolute atomic E-state index is 0.310. The van der Waals surface area contributed by atoms with Crippen LogP contribution in [0.1, 0.15) is 18.5 Å². The molecule has 1 aliphatic carbocycles. The summed E-state index contributed by atoms with van der Waals surface area (Å²) < 4.78 is 25.7. The van der Waals surface area contributed by atoms with Gasteiger partial charge in [0.05, 0.1) is 17.6 Å². The molecule has 1 saturated carbocycles. The number of nitrogens with one attached hydrogen (secondary N) is 1. The van der Waals surface area contributed by atoms with Gasteiger partial charge in [0.1, 0.15) is 5.92 Å². The SMILES string of the molecule is O=C(C1CC1(F)F)N1CCCc2[nH]ncc21. The van der Waals surface area contributed by atoms with E-state index in [0.717, 1.165) is 18.5 Å². The van der Waals surface area contributed by atoms with Crippen LogP contribution in [-0.4, -0.2) is 28.6 Å². The van der Waals surface area contributed by atoms with Gasteiger partial charge in [0, 0.05) is 13.0 Å². The van der Waals surface area contributed by atoms with Gasteiger partial charge >= 0.3 is 0 Å². The molecule has 1 N–H and O–H groups in total. The molecule has 1 fully saturated rings. The zero-order chi connectivity index (χ0) is 11.3. The van der Waals surface area contributed by atoms with E-state index in [0.29, 0.717) is 12.2 Å². The Kier molecular flexibility index (Phi) is 1.84. The van der Waals surface area contributed by atoms with Crippen molar-refractivity contribution in [1.29, 1.82) is 0 Å². The average molecular weight is 227 g/mol. The number of hydrogen-bond acceptors (Lipinski definition) is 2. The molecule has 6 heteroatoms. The lowest BCUT2D eigenvalue weighted by atomic mass is 10.1. The number of carbonyl (C=O) groups excluding carboxylic acids is 1. The molecule has 2 aliphatic rings. The van der Waals surface area contributed by atoms with Crippen LogP contribution in [0.3, 0.4) is 0 Å². The summed E-state index contributed by atoms with van der Waals surface area (Å²) in [6.45, 7) is 0.512. The molecule has 1 atom stereocenters. The molecule has 0 aromatic carbocycles. The number of rotatable bonds is 1. The fourth-order valence-corrected chi connectivity index (χ4v) is 2.16. The van der Waals surface area contributed by atoms with Gasteiger partial charge in [0.25, 0.3) is 5.92 Å². The smallest absolute Gasteiger partial charge is 0.260 e. The highest BCUT2D eigenvalue weighted by Crippen LogP contribution is 2.50. The number of aromatic nitrogens is 2. The quantitative estimate of drug-likeness (QED) is 0.787. The molecule has 0 bridgehead atoms. The van der Waals surface area contributed by atoms with Gasteiger partial charge < -0.3 is 4.90 Å². The lowest BCUT2D eigenvalue weighted by Crippen LogP contribution is -2.37. The summed E-state index contributed by atoms with van der Waals surface area (Å²) >= 11 is 0. The van der Waals surface area contributed by atoms with Gasteiger partial charge in [-0.2, -0.15) is 5.10 Å². The fourth-order valence-electron chi connectivity index (χ4n) is 2.16. The normalized spacial score (nSPS) is 26.4. The van der Waals surface area contributed by atoms with Crippen molar-refractivity contribution in [3.05, 3.63) is 11.9 Å². The van der Waals surface area contributed by atoms with Crippen molar-refractivity contribution in [3.63, 3.8) is 0 Å². The molecule has 2 heterocycles. The maximum Gasteiger partial charge on any atom is 0.260 e. The predicted molar refractivity (Wildman–Crippen MR) is 52.3 cm³/mol. The van der Waals surface area contributed by atoms with Crippen LogP contribution in [0.2, 0.25) is 0 Å². The number of fused-ring (bicyclic) bond motifs is 1. The summed E-state index contributed by atoms with van der Waals surface area (Å²) in [7, 11) is 0. The van der Waals surface area contributed by atoms with E-state index >= 15 is 0 Å². The van der Waals surface area contributed by atoms with Gasteiger partial charge in [0.15, 0.2) is 0 Å². The van der Waals surface area contributed by atoms with Gasteiger partial charge in [-0.3, -0.25) is 9.89 Å². The molecular formula is C10H11F2N3O. The summed E-state index contributed by atoms with van der Waals surface area (Å²) in [4.78, 5) is 13.3. The van der Waals surface area contributed by atoms with Crippen LogP contribution in [0.4, 0.5) is 14.5 Å². The van der Waals surface area contributed by atoms with E-state index in [1.807, 2.05) is 0 Å². The number of hydrogen-bond donors (Lipinski definition) is 1. The molecule has 3 rings (SSSR count). The highest BCUT2D eigenvalue weighted by atomic mass is 19.3. The van der Waals surface area contributed by atoms with Gasteiger partial charge in [-0.15, -0.1) is 0 Å². The second-order valence-corrected chi connectivity index (χ2v) is 4.34. The molecule has 1 aliphatic heterocycles. The predicted octanol–water partition coefficient (Wildman–Crippen LogP) is 1.34. The number of nitrogens with zero attached hydrogens (tertiary/aromatic N) is 2. The van der Waals surface area contributed by atoms with Crippen LogP contribution in [0.25, 0.3) is 0 Å². The molecule has 1 amide bonds. The number of amides is 1. The van der Waals surface area contributed by atoms with Crippen LogP contribution in [0, 0.1) is 5.92 Å². The number of alkyl halides is 2. The summed E-state index contributed by atoms with van der Waals surface area (Å²) in [6.07, 6.45) is 2.84. The Morgan fingerprint density at radius 1 is 1.62 bits per heavy atom. The topological polar surface area (TPSA) is 49.0 Å². The van der Waals surface area contributed by atoms with Crippen LogP contribution >= 0.6 is 0 Å². The Balaban J connectivity index is 1.85. The zero-order valence-corrected chi connectivity index (χ0v) is 8.54. The van der Waals surface area contributed by atoms with E-state index in [4.69, 9.17) is 0 Å². The Labute approximate surface area is 90.6 Å².